The lowest BCUT2D eigenvalue weighted by atomic mass is 10.0. The molecular weight excluding hydrogens is 369 g/mol. The Labute approximate surface area is 160 Å². The molecule has 3 rings (SSSR count). The van der Waals surface area contributed by atoms with Crippen LogP contribution in [0.25, 0.3) is 10.8 Å². The van der Waals surface area contributed by atoms with Gasteiger partial charge in [0.2, 0.25) is 5.91 Å². The number of rotatable bonds is 5. The van der Waals surface area contributed by atoms with E-state index in [4.69, 9.17) is 0 Å². The van der Waals surface area contributed by atoms with Gasteiger partial charge in [-0.2, -0.15) is 0 Å². The number of halogens is 3. The van der Waals surface area contributed by atoms with E-state index in [1.165, 1.54) is 31.2 Å². The van der Waals surface area contributed by atoms with E-state index in [1.54, 1.807) is 0 Å². The maximum atomic E-state index is 12.2. The summed E-state index contributed by atoms with van der Waals surface area (Å²) in [5.74, 6) is -0.351. The van der Waals surface area contributed by atoms with Crippen molar-refractivity contribution < 1.29 is 22.7 Å². The lowest BCUT2D eigenvalue weighted by Gasteiger charge is -2.14. The van der Waals surface area contributed by atoms with Crippen molar-refractivity contribution in [3.8, 4) is 5.75 Å². The Morgan fingerprint density at radius 3 is 2.18 bits per heavy atom. The highest BCUT2D eigenvalue weighted by molar-refractivity contribution is 5.87. The van der Waals surface area contributed by atoms with Crippen LogP contribution in [0.1, 0.15) is 25.5 Å². The van der Waals surface area contributed by atoms with Gasteiger partial charge in [0.15, 0.2) is 0 Å². The first-order chi connectivity index (χ1) is 13.2. The Bertz CT molecular complexity index is 985. The molecule has 0 radical (unpaired) electrons. The molecule has 2 N–H and O–H groups in total. The molecule has 0 spiro atoms. The number of benzene rings is 3. The normalized spacial score (nSPS) is 12.5. The highest BCUT2D eigenvalue weighted by Crippen LogP contribution is 2.27. The van der Waals surface area contributed by atoms with E-state index in [2.05, 4.69) is 15.4 Å². The van der Waals surface area contributed by atoms with Crippen molar-refractivity contribution in [3.05, 3.63) is 66.2 Å². The Hall–Kier alpha value is -3.22. The molecular formula is C21H19F3N2O2. The molecule has 0 aliphatic rings. The van der Waals surface area contributed by atoms with Gasteiger partial charge in [-0.15, -0.1) is 13.2 Å². The molecule has 0 heterocycles. The van der Waals surface area contributed by atoms with Gasteiger partial charge in [0, 0.05) is 18.3 Å². The number of carbonyl (C=O) groups is 1. The van der Waals surface area contributed by atoms with E-state index in [1.807, 2.05) is 43.3 Å². The van der Waals surface area contributed by atoms with Crippen LogP contribution in [-0.4, -0.2) is 12.3 Å². The standard InChI is InChI=1S/C21H19F3N2O2/c1-13(25-14(2)27)15-3-4-17-12-19(6-5-16(17)11-15)26-18-7-9-20(10-8-18)28-21(22,23)24/h3-13,26H,1-2H3,(H,25,27). The average Bonchev–Trinajstić information content (AvgIpc) is 2.61. The van der Waals surface area contributed by atoms with Crippen molar-refractivity contribution in [2.24, 2.45) is 0 Å². The molecule has 0 bridgehead atoms. The van der Waals surface area contributed by atoms with E-state index in [9.17, 15) is 18.0 Å². The Balaban J connectivity index is 1.74. The van der Waals surface area contributed by atoms with Crippen LogP contribution in [0.4, 0.5) is 24.5 Å². The second-order valence-electron chi connectivity index (χ2n) is 6.44. The fourth-order valence-electron chi connectivity index (χ4n) is 2.91. The SMILES string of the molecule is CC(=O)NC(C)c1ccc2cc(Nc3ccc(OC(F)(F)F)cc3)ccc2c1. The van der Waals surface area contributed by atoms with Gasteiger partial charge in [-0.1, -0.05) is 18.2 Å². The summed E-state index contributed by atoms with van der Waals surface area (Å²) >= 11 is 0. The van der Waals surface area contributed by atoms with Crippen LogP contribution in [0.15, 0.2) is 60.7 Å². The summed E-state index contributed by atoms with van der Waals surface area (Å²) < 4.78 is 40.5. The first-order valence-corrected chi connectivity index (χ1v) is 8.63. The van der Waals surface area contributed by atoms with E-state index >= 15 is 0 Å². The quantitative estimate of drug-likeness (QED) is 0.591. The minimum atomic E-state index is -4.70. The zero-order valence-corrected chi connectivity index (χ0v) is 15.3. The van der Waals surface area contributed by atoms with Crippen LogP contribution < -0.4 is 15.4 Å². The summed E-state index contributed by atoms with van der Waals surface area (Å²) in [6.07, 6.45) is -4.70. The monoisotopic (exact) mass is 388 g/mol. The van der Waals surface area contributed by atoms with Crippen LogP contribution in [-0.2, 0) is 4.79 Å². The lowest BCUT2D eigenvalue weighted by Crippen LogP contribution is -2.23. The van der Waals surface area contributed by atoms with Crippen LogP contribution in [0, 0.1) is 0 Å². The fraction of sp³-hybridized carbons (Fsp3) is 0.190. The third-order valence-electron chi connectivity index (χ3n) is 4.16. The maximum Gasteiger partial charge on any atom is 0.573 e. The second-order valence-corrected chi connectivity index (χ2v) is 6.44. The number of fused-ring (bicyclic) bond motifs is 1. The van der Waals surface area contributed by atoms with Crippen molar-refractivity contribution in [1.29, 1.82) is 0 Å². The average molecular weight is 388 g/mol. The van der Waals surface area contributed by atoms with E-state index in [-0.39, 0.29) is 17.7 Å². The van der Waals surface area contributed by atoms with E-state index < -0.39 is 6.36 Å². The summed E-state index contributed by atoms with van der Waals surface area (Å²) in [5, 5.41) is 8.03. The van der Waals surface area contributed by atoms with Crippen molar-refractivity contribution in [2.45, 2.75) is 26.3 Å². The molecule has 1 amide bonds. The first-order valence-electron chi connectivity index (χ1n) is 8.63. The molecule has 3 aromatic rings. The lowest BCUT2D eigenvalue weighted by molar-refractivity contribution is -0.274. The van der Waals surface area contributed by atoms with Crippen molar-refractivity contribution in [1.82, 2.24) is 5.32 Å². The second kappa shape index (κ2) is 7.80. The first kappa shape index (κ1) is 19.5. The third kappa shape index (κ3) is 5.16. The molecule has 0 saturated heterocycles. The van der Waals surface area contributed by atoms with E-state index in [0.717, 1.165) is 22.0 Å². The molecule has 1 unspecified atom stereocenters. The minimum absolute atomic E-state index is 0.0844. The van der Waals surface area contributed by atoms with Crippen LogP contribution in [0.3, 0.4) is 0 Å². The zero-order chi connectivity index (χ0) is 20.3. The number of hydrogen-bond acceptors (Lipinski definition) is 3. The molecule has 0 fully saturated rings. The molecule has 1 atom stereocenters. The zero-order valence-electron chi connectivity index (χ0n) is 15.3. The molecule has 146 valence electrons. The van der Waals surface area contributed by atoms with Gasteiger partial charge < -0.3 is 15.4 Å². The van der Waals surface area contributed by atoms with Crippen molar-refractivity contribution in [2.75, 3.05) is 5.32 Å². The van der Waals surface area contributed by atoms with Crippen LogP contribution in [0.2, 0.25) is 0 Å². The number of amides is 1. The Kier molecular flexibility index (Phi) is 5.44. The fourth-order valence-corrected chi connectivity index (χ4v) is 2.91. The summed E-state index contributed by atoms with van der Waals surface area (Å²) in [4.78, 5) is 11.2. The maximum absolute atomic E-state index is 12.2. The number of nitrogens with one attached hydrogen (secondary N) is 2. The number of anilines is 2. The summed E-state index contributed by atoms with van der Waals surface area (Å²) in [6, 6.07) is 17.2. The Morgan fingerprint density at radius 2 is 1.54 bits per heavy atom. The molecule has 4 nitrogen and oxygen atoms in total. The van der Waals surface area contributed by atoms with E-state index in [0.29, 0.717) is 5.69 Å². The molecule has 7 heteroatoms. The predicted octanol–water partition coefficient (Wildman–Crippen LogP) is 5.68. The predicted molar refractivity (Wildman–Crippen MR) is 103 cm³/mol. The summed E-state index contributed by atoms with van der Waals surface area (Å²) in [5.41, 5.74) is 2.45. The number of alkyl halides is 3. The Morgan fingerprint density at radius 1 is 0.929 bits per heavy atom. The van der Waals surface area contributed by atoms with Gasteiger partial charge in [0.25, 0.3) is 0 Å². The molecule has 3 aromatic carbocycles. The van der Waals surface area contributed by atoms with Gasteiger partial charge in [0.05, 0.1) is 6.04 Å². The smallest absolute Gasteiger partial charge is 0.406 e. The summed E-state index contributed by atoms with van der Waals surface area (Å²) in [7, 11) is 0. The molecule has 0 saturated carbocycles. The number of hydrogen-bond donors (Lipinski definition) is 2. The molecule has 0 aliphatic heterocycles. The minimum Gasteiger partial charge on any atom is -0.406 e. The van der Waals surface area contributed by atoms with Crippen molar-refractivity contribution >= 4 is 28.1 Å². The molecule has 0 aliphatic carbocycles. The molecule has 28 heavy (non-hydrogen) atoms. The summed E-state index contributed by atoms with van der Waals surface area (Å²) in [6.45, 7) is 3.40. The molecule has 0 aromatic heterocycles. The van der Waals surface area contributed by atoms with Crippen LogP contribution in [0.5, 0.6) is 5.75 Å². The van der Waals surface area contributed by atoms with Gasteiger partial charge in [-0.25, -0.2) is 0 Å². The number of carbonyl (C=O) groups excluding carboxylic acids is 1. The van der Waals surface area contributed by atoms with Crippen LogP contribution >= 0.6 is 0 Å². The van der Waals surface area contributed by atoms with Gasteiger partial charge in [-0.05, 0) is 65.7 Å². The van der Waals surface area contributed by atoms with Gasteiger partial charge in [0.1, 0.15) is 5.75 Å². The van der Waals surface area contributed by atoms with Gasteiger partial charge in [-0.3, -0.25) is 4.79 Å². The number of ether oxygens (including phenoxy) is 1. The van der Waals surface area contributed by atoms with Gasteiger partial charge >= 0.3 is 6.36 Å². The van der Waals surface area contributed by atoms with Crippen molar-refractivity contribution in [3.63, 3.8) is 0 Å². The topological polar surface area (TPSA) is 50.4 Å². The third-order valence-corrected chi connectivity index (χ3v) is 4.16. The highest BCUT2D eigenvalue weighted by atomic mass is 19.4. The highest BCUT2D eigenvalue weighted by Gasteiger charge is 2.30. The largest absolute Gasteiger partial charge is 0.573 e.